The molecule has 0 aliphatic rings. The molecule has 0 fully saturated rings. The molecule has 0 aromatic heterocycles. The fraction of sp³-hybridized carbons (Fsp3) is 0.0370. The summed E-state index contributed by atoms with van der Waals surface area (Å²) in [5.41, 5.74) is 3.55. The van der Waals surface area contributed by atoms with E-state index in [1.165, 1.54) is 0 Å². The van der Waals surface area contributed by atoms with Gasteiger partial charge in [0, 0.05) is 5.56 Å². The van der Waals surface area contributed by atoms with Gasteiger partial charge in [-0.25, -0.2) is 5.43 Å². The van der Waals surface area contributed by atoms with Crippen LogP contribution in [0.2, 0.25) is 0 Å². The average Bonchev–Trinajstić information content (AvgIpc) is 2.83. The predicted octanol–water partition coefficient (Wildman–Crippen LogP) is 6.44. The number of benzene rings is 5. The zero-order chi connectivity index (χ0) is 21.9. The zero-order valence-electron chi connectivity index (χ0n) is 17.1. The van der Waals surface area contributed by atoms with Gasteiger partial charge < -0.3 is 4.74 Å². The van der Waals surface area contributed by atoms with E-state index in [1.807, 2.05) is 60.7 Å². The maximum Gasteiger partial charge on any atom is 0.277 e. The first-order chi connectivity index (χ1) is 15.7. The number of ether oxygens (including phenoxy) is 1. The Balaban J connectivity index is 1.33. The summed E-state index contributed by atoms with van der Waals surface area (Å²) in [6, 6.07) is 30.3. The molecule has 1 N–H and O–H groups in total. The number of hydrogen-bond acceptors (Lipinski definition) is 3. The summed E-state index contributed by atoms with van der Waals surface area (Å²) < 4.78 is 6.55. The number of carbonyl (C=O) groups excluding carboxylic acids is 1. The summed E-state index contributed by atoms with van der Waals surface area (Å²) >= 11 is 3.57. The van der Waals surface area contributed by atoms with Crippen molar-refractivity contribution >= 4 is 60.4 Å². The van der Waals surface area contributed by atoms with Gasteiger partial charge in [0.1, 0.15) is 5.75 Å². The summed E-state index contributed by atoms with van der Waals surface area (Å²) in [5.74, 6) is 0.286. The summed E-state index contributed by atoms with van der Waals surface area (Å²) in [6.45, 7) is -0.134. The Morgan fingerprint density at radius 2 is 1.41 bits per heavy atom. The minimum atomic E-state index is -0.328. The number of carbonyl (C=O) groups is 1. The van der Waals surface area contributed by atoms with E-state index in [0.29, 0.717) is 5.75 Å². The Kier molecular flexibility index (Phi) is 5.57. The Morgan fingerprint density at radius 1 is 0.812 bits per heavy atom. The van der Waals surface area contributed by atoms with Crippen LogP contribution in [0.15, 0.2) is 101 Å². The van der Waals surface area contributed by atoms with Crippen molar-refractivity contribution < 1.29 is 9.53 Å². The SMILES string of the molecule is O=C(COc1ccc2ccccc2c1Br)NN=Cc1c2ccccc2cc2ccccc12. The van der Waals surface area contributed by atoms with Crippen LogP contribution < -0.4 is 10.2 Å². The van der Waals surface area contributed by atoms with E-state index in [-0.39, 0.29) is 12.5 Å². The molecule has 0 unspecified atom stereocenters. The van der Waals surface area contributed by atoms with Crippen LogP contribution in [0, 0.1) is 0 Å². The molecule has 1 amide bonds. The van der Waals surface area contributed by atoms with Crippen molar-refractivity contribution in [3.8, 4) is 5.75 Å². The molecule has 156 valence electrons. The molecular formula is C27H19BrN2O2. The number of hydrazone groups is 1. The topological polar surface area (TPSA) is 50.7 Å². The standard InChI is InChI=1S/C27H19BrN2O2/c28-27-23-12-6-1-7-18(23)13-14-25(27)32-17-26(31)30-29-16-24-21-10-4-2-8-19(21)15-20-9-3-5-11-22(20)24/h1-16H,17H2,(H,30,31). The molecule has 0 bridgehead atoms. The van der Waals surface area contributed by atoms with Crippen molar-refractivity contribution in [3.05, 3.63) is 101 Å². The summed E-state index contributed by atoms with van der Waals surface area (Å²) in [5, 5.41) is 10.8. The van der Waals surface area contributed by atoms with Gasteiger partial charge in [0.25, 0.3) is 5.91 Å². The van der Waals surface area contributed by atoms with Gasteiger partial charge in [-0.15, -0.1) is 0 Å². The first-order valence-corrected chi connectivity index (χ1v) is 11.0. The van der Waals surface area contributed by atoms with E-state index >= 15 is 0 Å². The Bertz CT molecular complexity index is 1440. The number of nitrogens with one attached hydrogen (secondary N) is 1. The molecule has 0 saturated carbocycles. The van der Waals surface area contributed by atoms with E-state index in [2.05, 4.69) is 56.8 Å². The molecule has 32 heavy (non-hydrogen) atoms. The highest BCUT2D eigenvalue weighted by Gasteiger charge is 2.09. The van der Waals surface area contributed by atoms with Crippen LogP contribution in [0.5, 0.6) is 5.75 Å². The molecule has 4 nitrogen and oxygen atoms in total. The monoisotopic (exact) mass is 482 g/mol. The fourth-order valence-corrected chi connectivity index (χ4v) is 4.47. The lowest BCUT2D eigenvalue weighted by atomic mass is 9.97. The Labute approximate surface area is 193 Å². The lowest BCUT2D eigenvalue weighted by Gasteiger charge is -2.10. The van der Waals surface area contributed by atoms with Crippen molar-refractivity contribution in [3.63, 3.8) is 0 Å². The van der Waals surface area contributed by atoms with Crippen molar-refractivity contribution in [2.45, 2.75) is 0 Å². The summed E-state index contributed by atoms with van der Waals surface area (Å²) in [6.07, 6.45) is 1.70. The van der Waals surface area contributed by atoms with Gasteiger partial charge in [0.2, 0.25) is 0 Å². The van der Waals surface area contributed by atoms with Gasteiger partial charge in [-0.05, 0) is 60.4 Å². The third-order valence-electron chi connectivity index (χ3n) is 5.38. The van der Waals surface area contributed by atoms with Crippen molar-refractivity contribution in [2.24, 2.45) is 5.10 Å². The van der Waals surface area contributed by atoms with Crippen LogP contribution in [-0.2, 0) is 4.79 Å². The van der Waals surface area contributed by atoms with Gasteiger partial charge in [0.15, 0.2) is 6.61 Å². The van der Waals surface area contributed by atoms with E-state index < -0.39 is 0 Å². The lowest BCUT2D eigenvalue weighted by Crippen LogP contribution is -2.24. The van der Waals surface area contributed by atoms with Crippen molar-refractivity contribution in [2.75, 3.05) is 6.61 Å². The van der Waals surface area contributed by atoms with Gasteiger partial charge in [-0.3, -0.25) is 4.79 Å². The molecule has 0 heterocycles. The van der Waals surface area contributed by atoms with E-state index in [9.17, 15) is 4.79 Å². The van der Waals surface area contributed by atoms with Crippen LogP contribution in [0.25, 0.3) is 32.3 Å². The number of nitrogens with zero attached hydrogens (tertiary/aromatic N) is 1. The molecule has 5 heteroatoms. The van der Waals surface area contributed by atoms with Gasteiger partial charge >= 0.3 is 0 Å². The molecule has 0 aliphatic carbocycles. The minimum Gasteiger partial charge on any atom is -0.483 e. The smallest absolute Gasteiger partial charge is 0.277 e. The lowest BCUT2D eigenvalue weighted by molar-refractivity contribution is -0.123. The molecule has 0 atom stereocenters. The first kappa shape index (κ1) is 20.2. The molecule has 5 aromatic rings. The van der Waals surface area contributed by atoms with Gasteiger partial charge in [0.05, 0.1) is 10.7 Å². The predicted molar refractivity (Wildman–Crippen MR) is 134 cm³/mol. The van der Waals surface area contributed by atoms with Crippen LogP contribution in [0.4, 0.5) is 0 Å². The summed E-state index contributed by atoms with van der Waals surface area (Å²) in [7, 11) is 0. The van der Waals surface area contributed by atoms with E-state index in [4.69, 9.17) is 4.74 Å². The van der Waals surface area contributed by atoms with Crippen LogP contribution >= 0.6 is 15.9 Å². The summed E-state index contributed by atoms with van der Waals surface area (Å²) in [4.78, 5) is 12.3. The maximum atomic E-state index is 12.3. The Hall–Kier alpha value is -3.70. The molecule has 0 aliphatic heterocycles. The molecule has 5 rings (SSSR count). The van der Waals surface area contributed by atoms with Gasteiger partial charge in [-0.1, -0.05) is 78.9 Å². The van der Waals surface area contributed by atoms with Crippen LogP contribution in [0.1, 0.15) is 5.56 Å². The second kappa shape index (κ2) is 8.81. The second-order valence-corrected chi connectivity index (χ2v) is 8.21. The normalized spacial score (nSPS) is 11.4. The third kappa shape index (κ3) is 3.95. The number of rotatable bonds is 5. The number of hydrogen-bond donors (Lipinski definition) is 1. The Morgan fingerprint density at radius 3 is 2.09 bits per heavy atom. The molecule has 0 spiro atoms. The molecular weight excluding hydrogens is 464 g/mol. The quantitative estimate of drug-likeness (QED) is 0.178. The largest absolute Gasteiger partial charge is 0.483 e. The number of fused-ring (bicyclic) bond motifs is 3. The van der Waals surface area contributed by atoms with Crippen LogP contribution in [-0.4, -0.2) is 18.7 Å². The average molecular weight is 483 g/mol. The van der Waals surface area contributed by atoms with Crippen LogP contribution in [0.3, 0.4) is 0 Å². The fourth-order valence-electron chi connectivity index (χ4n) is 3.86. The van der Waals surface area contributed by atoms with Gasteiger partial charge in [-0.2, -0.15) is 5.10 Å². The van der Waals surface area contributed by atoms with E-state index in [0.717, 1.165) is 42.4 Å². The second-order valence-electron chi connectivity index (χ2n) is 7.41. The third-order valence-corrected chi connectivity index (χ3v) is 6.20. The number of amides is 1. The zero-order valence-corrected chi connectivity index (χ0v) is 18.7. The highest BCUT2D eigenvalue weighted by atomic mass is 79.9. The van der Waals surface area contributed by atoms with E-state index in [1.54, 1.807) is 6.21 Å². The van der Waals surface area contributed by atoms with Crippen molar-refractivity contribution in [1.29, 1.82) is 0 Å². The molecule has 0 radical (unpaired) electrons. The highest BCUT2D eigenvalue weighted by Crippen LogP contribution is 2.33. The molecule has 5 aromatic carbocycles. The first-order valence-electron chi connectivity index (χ1n) is 10.2. The molecule has 0 saturated heterocycles. The number of halogens is 1. The maximum absolute atomic E-state index is 12.3. The van der Waals surface area contributed by atoms with Crippen molar-refractivity contribution in [1.82, 2.24) is 5.43 Å². The minimum absolute atomic E-state index is 0.134. The highest BCUT2D eigenvalue weighted by molar-refractivity contribution is 9.10.